The first-order valence-corrected chi connectivity index (χ1v) is 12.2. The number of nitriles is 1. The summed E-state index contributed by atoms with van der Waals surface area (Å²) in [6.07, 6.45) is 7.09. The summed E-state index contributed by atoms with van der Waals surface area (Å²) < 4.78 is 2.01. The number of benzene rings is 1. The second-order valence-electron chi connectivity index (χ2n) is 8.29. The zero-order chi connectivity index (χ0) is 21.7. The van der Waals surface area contributed by atoms with Crippen LogP contribution in [0.3, 0.4) is 0 Å². The van der Waals surface area contributed by atoms with E-state index in [2.05, 4.69) is 26.5 Å². The molecule has 0 unspecified atom stereocenters. The van der Waals surface area contributed by atoms with Gasteiger partial charge in [0, 0.05) is 10.7 Å². The Hall–Kier alpha value is -2.08. The molecule has 2 aliphatic rings. The molecule has 9 heteroatoms. The van der Waals surface area contributed by atoms with Crippen LogP contribution in [0.25, 0.3) is 5.69 Å². The first-order valence-electron chi connectivity index (χ1n) is 10.9. The molecule has 1 aliphatic carbocycles. The molecule has 2 aromatic rings. The molecule has 7 nitrogen and oxygen atoms in total. The number of rotatable bonds is 7. The first kappa shape index (κ1) is 22.1. The number of halogens is 1. The third kappa shape index (κ3) is 5.40. The van der Waals surface area contributed by atoms with E-state index in [9.17, 15) is 10.1 Å². The fourth-order valence-corrected chi connectivity index (χ4v) is 5.24. The molecule has 164 valence electrons. The lowest BCUT2D eigenvalue weighted by Gasteiger charge is -2.26. The van der Waals surface area contributed by atoms with Crippen LogP contribution in [0, 0.1) is 11.3 Å². The molecule has 0 radical (unpaired) electrons. The van der Waals surface area contributed by atoms with Crippen LogP contribution in [0.15, 0.2) is 29.4 Å². The van der Waals surface area contributed by atoms with E-state index in [1.807, 2.05) is 28.8 Å². The standard InChI is InChI=1S/C22H27ClN6OS/c23-17-6-8-18(9-7-17)29-19(14-28-12-4-1-5-13-28)26-27-21(29)31-15-20(30)25-22(16-24)10-2-3-11-22/h6-9H,1-5,10-15H2,(H,25,30). The molecule has 1 amide bonds. The highest BCUT2D eigenvalue weighted by atomic mass is 35.5. The molecule has 1 saturated carbocycles. The summed E-state index contributed by atoms with van der Waals surface area (Å²) in [5, 5.41) is 22.6. The van der Waals surface area contributed by atoms with Gasteiger partial charge in [-0.15, -0.1) is 10.2 Å². The molecule has 1 N–H and O–H groups in total. The molecule has 1 saturated heterocycles. The fourth-order valence-electron chi connectivity index (χ4n) is 4.34. The van der Waals surface area contributed by atoms with Gasteiger partial charge in [-0.3, -0.25) is 14.3 Å². The lowest BCUT2D eigenvalue weighted by molar-refractivity contribution is -0.119. The summed E-state index contributed by atoms with van der Waals surface area (Å²) >= 11 is 7.43. The minimum absolute atomic E-state index is 0.142. The number of piperidine rings is 1. The average Bonchev–Trinajstić information content (AvgIpc) is 3.41. The number of aromatic nitrogens is 3. The van der Waals surface area contributed by atoms with Gasteiger partial charge in [-0.2, -0.15) is 5.26 Å². The van der Waals surface area contributed by atoms with E-state index in [1.165, 1.54) is 31.0 Å². The highest BCUT2D eigenvalue weighted by Gasteiger charge is 2.35. The minimum Gasteiger partial charge on any atom is -0.337 e. The molecule has 2 fully saturated rings. The normalized spacial score (nSPS) is 18.6. The number of likely N-dealkylation sites (tertiary alicyclic amines) is 1. The van der Waals surface area contributed by atoms with Crippen LogP contribution < -0.4 is 5.32 Å². The van der Waals surface area contributed by atoms with Gasteiger partial charge < -0.3 is 5.32 Å². The zero-order valence-electron chi connectivity index (χ0n) is 17.5. The van der Waals surface area contributed by atoms with Crippen LogP contribution in [0.2, 0.25) is 5.02 Å². The van der Waals surface area contributed by atoms with Crippen LogP contribution in [0.4, 0.5) is 0 Å². The van der Waals surface area contributed by atoms with Crippen molar-refractivity contribution in [2.45, 2.75) is 62.2 Å². The lowest BCUT2D eigenvalue weighted by atomic mass is 10.0. The maximum absolute atomic E-state index is 12.6. The Kier molecular flexibility index (Phi) is 7.16. The number of nitrogens with one attached hydrogen (secondary N) is 1. The Bertz CT molecular complexity index is 942. The van der Waals surface area contributed by atoms with Crippen LogP contribution in [-0.4, -0.2) is 50.0 Å². The number of thioether (sulfide) groups is 1. The molecule has 2 heterocycles. The molecular formula is C22H27ClN6OS. The third-order valence-electron chi connectivity index (χ3n) is 5.98. The van der Waals surface area contributed by atoms with Gasteiger partial charge in [0.2, 0.25) is 5.91 Å². The zero-order valence-corrected chi connectivity index (χ0v) is 19.1. The number of hydrogen-bond donors (Lipinski definition) is 1. The van der Waals surface area contributed by atoms with Crippen molar-refractivity contribution >= 4 is 29.3 Å². The van der Waals surface area contributed by atoms with E-state index in [-0.39, 0.29) is 11.7 Å². The molecule has 31 heavy (non-hydrogen) atoms. The molecule has 1 aliphatic heterocycles. The second kappa shape index (κ2) is 10.0. The van der Waals surface area contributed by atoms with Crippen molar-refractivity contribution in [2.24, 2.45) is 0 Å². The Morgan fingerprint density at radius 3 is 2.52 bits per heavy atom. The Balaban J connectivity index is 1.50. The SMILES string of the molecule is N#CC1(NC(=O)CSc2nnc(CN3CCCCC3)n2-c2ccc(Cl)cc2)CCCC1. The number of nitrogens with zero attached hydrogens (tertiary/aromatic N) is 5. The van der Waals surface area contributed by atoms with Crippen molar-refractivity contribution < 1.29 is 4.79 Å². The summed E-state index contributed by atoms with van der Waals surface area (Å²) in [7, 11) is 0. The van der Waals surface area contributed by atoms with Crippen molar-refractivity contribution in [1.82, 2.24) is 25.0 Å². The van der Waals surface area contributed by atoms with E-state index < -0.39 is 5.54 Å². The number of carbonyl (C=O) groups excluding carboxylic acids is 1. The topological polar surface area (TPSA) is 86.8 Å². The Morgan fingerprint density at radius 1 is 1.13 bits per heavy atom. The predicted molar refractivity (Wildman–Crippen MR) is 121 cm³/mol. The van der Waals surface area contributed by atoms with Crippen molar-refractivity contribution in [3.63, 3.8) is 0 Å². The van der Waals surface area contributed by atoms with Gasteiger partial charge in [0.15, 0.2) is 11.0 Å². The maximum Gasteiger partial charge on any atom is 0.231 e. The van der Waals surface area contributed by atoms with E-state index in [1.54, 1.807) is 0 Å². The van der Waals surface area contributed by atoms with E-state index >= 15 is 0 Å². The number of amides is 1. The van der Waals surface area contributed by atoms with Crippen LogP contribution >= 0.6 is 23.4 Å². The quantitative estimate of drug-likeness (QED) is 0.632. The summed E-state index contributed by atoms with van der Waals surface area (Å²) in [5.74, 6) is 0.909. The molecule has 0 bridgehead atoms. The van der Waals surface area contributed by atoms with Crippen LogP contribution in [0.5, 0.6) is 0 Å². The molecule has 1 aromatic heterocycles. The van der Waals surface area contributed by atoms with Gasteiger partial charge >= 0.3 is 0 Å². The Morgan fingerprint density at radius 2 is 1.84 bits per heavy atom. The third-order valence-corrected chi connectivity index (χ3v) is 7.16. The molecule has 4 rings (SSSR count). The summed E-state index contributed by atoms with van der Waals surface area (Å²) in [4.78, 5) is 15.0. The maximum atomic E-state index is 12.6. The first-order chi connectivity index (χ1) is 15.1. The average molecular weight is 459 g/mol. The van der Waals surface area contributed by atoms with E-state index in [4.69, 9.17) is 11.6 Å². The van der Waals surface area contributed by atoms with E-state index in [0.29, 0.717) is 10.2 Å². The Labute approximate surface area is 192 Å². The summed E-state index contributed by atoms with van der Waals surface area (Å²) in [5.41, 5.74) is 0.217. The van der Waals surface area contributed by atoms with Gasteiger partial charge in [0.25, 0.3) is 0 Å². The monoisotopic (exact) mass is 458 g/mol. The van der Waals surface area contributed by atoms with Gasteiger partial charge in [-0.05, 0) is 75.9 Å². The lowest BCUT2D eigenvalue weighted by Crippen LogP contribution is -2.45. The smallest absolute Gasteiger partial charge is 0.231 e. The fraction of sp³-hybridized carbons (Fsp3) is 0.545. The van der Waals surface area contributed by atoms with Gasteiger partial charge in [0.05, 0.1) is 18.4 Å². The summed E-state index contributed by atoms with van der Waals surface area (Å²) in [6, 6.07) is 9.89. The molecule has 1 aromatic carbocycles. The highest BCUT2D eigenvalue weighted by molar-refractivity contribution is 7.99. The number of hydrogen-bond acceptors (Lipinski definition) is 6. The van der Waals surface area contributed by atoms with Gasteiger partial charge in [-0.1, -0.05) is 29.8 Å². The minimum atomic E-state index is -0.707. The summed E-state index contributed by atoms with van der Waals surface area (Å²) in [6.45, 7) is 2.85. The van der Waals surface area contributed by atoms with E-state index in [0.717, 1.165) is 56.8 Å². The number of carbonyl (C=O) groups is 1. The highest BCUT2D eigenvalue weighted by Crippen LogP contribution is 2.29. The van der Waals surface area contributed by atoms with Crippen molar-refractivity contribution in [1.29, 1.82) is 5.26 Å². The van der Waals surface area contributed by atoms with Gasteiger partial charge in [0.1, 0.15) is 5.54 Å². The molecular weight excluding hydrogens is 432 g/mol. The van der Waals surface area contributed by atoms with Crippen molar-refractivity contribution in [2.75, 3.05) is 18.8 Å². The van der Waals surface area contributed by atoms with Crippen LogP contribution in [-0.2, 0) is 11.3 Å². The second-order valence-corrected chi connectivity index (χ2v) is 9.66. The van der Waals surface area contributed by atoms with Crippen molar-refractivity contribution in [3.05, 3.63) is 35.1 Å². The molecule has 0 spiro atoms. The molecule has 0 atom stereocenters. The van der Waals surface area contributed by atoms with Crippen LogP contribution in [0.1, 0.15) is 50.8 Å². The van der Waals surface area contributed by atoms with Crippen molar-refractivity contribution in [3.8, 4) is 11.8 Å². The largest absolute Gasteiger partial charge is 0.337 e. The predicted octanol–water partition coefficient (Wildman–Crippen LogP) is 3.95. The van der Waals surface area contributed by atoms with Gasteiger partial charge in [-0.25, -0.2) is 0 Å².